The molecule has 5 heteroatoms. The Kier molecular flexibility index (Phi) is 4.67. The average Bonchev–Trinajstić information content (AvgIpc) is 2.80. The fourth-order valence-corrected chi connectivity index (χ4v) is 2.51. The number of likely N-dealkylation sites (tertiary alicyclic amines) is 1. The van der Waals surface area contributed by atoms with Crippen LogP contribution in [0.4, 0.5) is 10.5 Å². The Morgan fingerprint density at radius 2 is 2.14 bits per heavy atom. The standard InChI is InChI=1S/C16H23ClN2O2/c1-11-5-6-13(17)14(9-11)18-12-7-8-19(10-12)15(20)21-16(2,3)4/h5-6,9,12,18H,7-8,10H2,1-4H3. The second kappa shape index (κ2) is 6.14. The summed E-state index contributed by atoms with van der Waals surface area (Å²) in [7, 11) is 0. The van der Waals surface area contributed by atoms with E-state index in [4.69, 9.17) is 16.3 Å². The fourth-order valence-electron chi connectivity index (χ4n) is 2.34. The lowest BCUT2D eigenvalue weighted by molar-refractivity contribution is 0.0293. The van der Waals surface area contributed by atoms with E-state index in [1.165, 1.54) is 0 Å². The SMILES string of the molecule is Cc1ccc(Cl)c(NC2CCN(C(=O)OC(C)(C)C)C2)c1. The maximum Gasteiger partial charge on any atom is 0.410 e. The lowest BCUT2D eigenvalue weighted by Crippen LogP contribution is -2.36. The van der Waals surface area contributed by atoms with Crippen LogP contribution in [0.5, 0.6) is 0 Å². The van der Waals surface area contributed by atoms with Crippen LogP contribution in [0.3, 0.4) is 0 Å². The highest BCUT2D eigenvalue weighted by atomic mass is 35.5. The average molecular weight is 311 g/mol. The minimum atomic E-state index is -0.456. The Labute approximate surface area is 131 Å². The van der Waals surface area contributed by atoms with Crippen LogP contribution in [-0.2, 0) is 4.74 Å². The predicted octanol–water partition coefficient (Wildman–Crippen LogP) is 4.07. The second-order valence-electron chi connectivity index (χ2n) is 6.54. The highest BCUT2D eigenvalue weighted by Crippen LogP contribution is 2.25. The summed E-state index contributed by atoms with van der Waals surface area (Å²) < 4.78 is 5.40. The van der Waals surface area contributed by atoms with Gasteiger partial charge < -0.3 is 15.0 Å². The van der Waals surface area contributed by atoms with E-state index in [0.717, 1.165) is 17.7 Å². The molecule has 1 heterocycles. The molecular weight excluding hydrogens is 288 g/mol. The molecule has 21 heavy (non-hydrogen) atoms. The monoisotopic (exact) mass is 310 g/mol. The van der Waals surface area contributed by atoms with Gasteiger partial charge in [-0.2, -0.15) is 0 Å². The van der Waals surface area contributed by atoms with Crippen molar-refractivity contribution in [2.24, 2.45) is 0 Å². The first-order valence-electron chi connectivity index (χ1n) is 7.25. The molecule has 1 saturated heterocycles. The van der Waals surface area contributed by atoms with Crippen LogP contribution >= 0.6 is 11.6 Å². The Bertz CT molecular complexity index is 525. The van der Waals surface area contributed by atoms with Gasteiger partial charge in [0.25, 0.3) is 0 Å². The predicted molar refractivity (Wildman–Crippen MR) is 86.0 cm³/mol. The third-order valence-electron chi connectivity index (χ3n) is 3.32. The van der Waals surface area contributed by atoms with Crippen LogP contribution in [0.15, 0.2) is 18.2 Å². The van der Waals surface area contributed by atoms with Crippen molar-refractivity contribution in [2.45, 2.75) is 45.8 Å². The highest BCUT2D eigenvalue weighted by Gasteiger charge is 2.29. The van der Waals surface area contributed by atoms with Gasteiger partial charge in [-0.15, -0.1) is 0 Å². The van der Waals surface area contributed by atoms with Crippen LogP contribution in [0.1, 0.15) is 32.8 Å². The van der Waals surface area contributed by atoms with Gasteiger partial charge in [0.15, 0.2) is 0 Å². The third-order valence-corrected chi connectivity index (χ3v) is 3.65. The summed E-state index contributed by atoms with van der Waals surface area (Å²) in [5.74, 6) is 0. The van der Waals surface area contributed by atoms with Gasteiger partial charge in [0, 0.05) is 19.1 Å². The summed E-state index contributed by atoms with van der Waals surface area (Å²) in [6.45, 7) is 9.01. The van der Waals surface area contributed by atoms with Crippen LogP contribution < -0.4 is 5.32 Å². The lowest BCUT2D eigenvalue weighted by Gasteiger charge is -2.24. The van der Waals surface area contributed by atoms with Crippen LogP contribution in [-0.4, -0.2) is 35.7 Å². The molecule has 0 radical (unpaired) electrons. The van der Waals surface area contributed by atoms with Crippen LogP contribution in [0, 0.1) is 6.92 Å². The van der Waals surface area contributed by atoms with Gasteiger partial charge in [0.2, 0.25) is 0 Å². The van der Waals surface area contributed by atoms with Crippen molar-refractivity contribution in [3.63, 3.8) is 0 Å². The Balaban J connectivity index is 1.93. The molecule has 116 valence electrons. The van der Waals surface area contributed by atoms with Gasteiger partial charge >= 0.3 is 6.09 Å². The molecule has 0 saturated carbocycles. The molecule has 0 aromatic heterocycles. The zero-order valence-electron chi connectivity index (χ0n) is 13.1. The van der Waals surface area contributed by atoms with Crippen molar-refractivity contribution < 1.29 is 9.53 Å². The minimum absolute atomic E-state index is 0.205. The molecule has 4 nitrogen and oxygen atoms in total. The largest absolute Gasteiger partial charge is 0.444 e. The van der Waals surface area contributed by atoms with Crippen molar-refractivity contribution in [3.8, 4) is 0 Å². The number of carbonyl (C=O) groups is 1. The van der Waals surface area contributed by atoms with E-state index >= 15 is 0 Å². The van der Waals surface area contributed by atoms with E-state index in [-0.39, 0.29) is 12.1 Å². The molecular formula is C16H23ClN2O2. The summed E-state index contributed by atoms with van der Waals surface area (Å²) in [4.78, 5) is 13.8. The molecule has 1 aliphatic heterocycles. The minimum Gasteiger partial charge on any atom is -0.444 e. The first kappa shape index (κ1) is 16.0. The maximum atomic E-state index is 12.0. The second-order valence-corrected chi connectivity index (χ2v) is 6.95. The van der Waals surface area contributed by atoms with E-state index in [1.807, 2.05) is 45.9 Å². The number of hydrogen-bond acceptors (Lipinski definition) is 3. The topological polar surface area (TPSA) is 41.6 Å². The van der Waals surface area contributed by atoms with E-state index in [1.54, 1.807) is 4.90 Å². The van der Waals surface area contributed by atoms with E-state index < -0.39 is 5.60 Å². The molecule has 2 rings (SSSR count). The summed E-state index contributed by atoms with van der Waals surface area (Å²) in [6, 6.07) is 6.10. The van der Waals surface area contributed by atoms with Gasteiger partial charge in [0.1, 0.15) is 5.60 Å². The van der Waals surface area contributed by atoms with Gasteiger partial charge in [-0.05, 0) is 51.8 Å². The summed E-state index contributed by atoms with van der Waals surface area (Å²) >= 11 is 6.19. The molecule has 0 aliphatic carbocycles. The molecule has 1 N–H and O–H groups in total. The van der Waals surface area contributed by atoms with Crippen molar-refractivity contribution >= 4 is 23.4 Å². The van der Waals surface area contributed by atoms with Gasteiger partial charge in [0.05, 0.1) is 10.7 Å². The zero-order valence-corrected chi connectivity index (χ0v) is 13.8. The number of nitrogens with one attached hydrogen (secondary N) is 1. The summed E-state index contributed by atoms with van der Waals surface area (Å²) in [5, 5.41) is 4.12. The number of benzene rings is 1. The molecule has 1 fully saturated rings. The lowest BCUT2D eigenvalue weighted by atomic mass is 10.2. The molecule has 0 bridgehead atoms. The van der Waals surface area contributed by atoms with Crippen molar-refractivity contribution in [2.75, 3.05) is 18.4 Å². The number of nitrogens with zero attached hydrogens (tertiary/aromatic N) is 1. The number of halogens is 1. The number of ether oxygens (including phenoxy) is 1. The smallest absolute Gasteiger partial charge is 0.410 e. The fraction of sp³-hybridized carbons (Fsp3) is 0.562. The zero-order chi connectivity index (χ0) is 15.6. The van der Waals surface area contributed by atoms with Gasteiger partial charge in [-0.1, -0.05) is 17.7 Å². The molecule has 1 amide bonds. The van der Waals surface area contributed by atoms with E-state index in [0.29, 0.717) is 18.1 Å². The van der Waals surface area contributed by atoms with E-state index in [2.05, 4.69) is 5.32 Å². The number of amides is 1. The molecule has 1 atom stereocenters. The van der Waals surface area contributed by atoms with Crippen LogP contribution in [0.2, 0.25) is 5.02 Å². The van der Waals surface area contributed by atoms with Gasteiger partial charge in [-0.25, -0.2) is 4.79 Å². The van der Waals surface area contributed by atoms with E-state index in [9.17, 15) is 4.79 Å². The Morgan fingerprint density at radius 3 is 2.81 bits per heavy atom. The molecule has 1 aliphatic rings. The molecule has 1 aromatic carbocycles. The Hall–Kier alpha value is -1.42. The quantitative estimate of drug-likeness (QED) is 0.895. The molecule has 1 aromatic rings. The first-order chi connectivity index (χ1) is 9.74. The van der Waals surface area contributed by atoms with Crippen molar-refractivity contribution in [1.82, 2.24) is 4.90 Å². The number of hydrogen-bond donors (Lipinski definition) is 1. The number of carbonyl (C=O) groups excluding carboxylic acids is 1. The summed E-state index contributed by atoms with van der Waals surface area (Å²) in [5.41, 5.74) is 1.62. The number of aryl methyl sites for hydroxylation is 1. The number of rotatable bonds is 2. The van der Waals surface area contributed by atoms with Crippen molar-refractivity contribution in [1.29, 1.82) is 0 Å². The molecule has 1 unspecified atom stereocenters. The third kappa shape index (κ3) is 4.53. The maximum absolute atomic E-state index is 12.0. The molecule has 0 spiro atoms. The Morgan fingerprint density at radius 1 is 1.43 bits per heavy atom. The summed E-state index contributed by atoms with van der Waals surface area (Å²) in [6.07, 6.45) is 0.644. The van der Waals surface area contributed by atoms with Crippen LogP contribution in [0.25, 0.3) is 0 Å². The number of anilines is 1. The normalized spacial score (nSPS) is 18.7. The van der Waals surface area contributed by atoms with Gasteiger partial charge in [-0.3, -0.25) is 0 Å². The first-order valence-corrected chi connectivity index (χ1v) is 7.63. The highest BCUT2D eigenvalue weighted by molar-refractivity contribution is 6.33. The van der Waals surface area contributed by atoms with Crippen molar-refractivity contribution in [3.05, 3.63) is 28.8 Å².